The Kier molecular flexibility index (Phi) is 3.71. The molecule has 0 N–H and O–H groups in total. The molecule has 0 aliphatic carbocycles. The van der Waals surface area contributed by atoms with Crippen LogP contribution in [0.5, 0.6) is 0 Å². The van der Waals surface area contributed by atoms with Crippen LogP contribution in [-0.2, 0) is 5.88 Å². The Labute approximate surface area is 133 Å². The average Bonchev–Trinajstić information content (AvgIpc) is 2.79. The van der Waals surface area contributed by atoms with E-state index in [0.717, 1.165) is 15.5 Å². The van der Waals surface area contributed by atoms with Crippen molar-refractivity contribution in [1.29, 1.82) is 0 Å². The van der Waals surface area contributed by atoms with Gasteiger partial charge in [-0.2, -0.15) is 0 Å². The maximum Gasteiger partial charge on any atom is 0.165 e. The molecule has 0 aliphatic heterocycles. The highest BCUT2D eigenvalue weighted by Crippen LogP contribution is 2.29. The molecule has 102 valence electrons. The minimum absolute atomic E-state index is 0.0693. The van der Waals surface area contributed by atoms with Crippen LogP contribution in [0.1, 0.15) is 5.82 Å². The molecule has 3 aromatic rings. The number of fused-ring (bicyclic) bond motifs is 1. The van der Waals surface area contributed by atoms with E-state index in [1.807, 2.05) is 18.2 Å². The highest BCUT2D eigenvalue weighted by atomic mass is 79.9. The molecule has 6 heteroatoms. The fourth-order valence-corrected chi connectivity index (χ4v) is 2.82. The number of benzene rings is 2. The number of alkyl halides is 1. The Morgan fingerprint density at radius 2 is 2.05 bits per heavy atom. The number of aromatic nitrogens is 2. The summed E-state index contributed by atoms with van der Waals surface area (Å²) in [6.07, 6.45) is 0. The lowest BCUT2D eigenvalue weighted by atomic mass is 10.2. The van der Waals surface area contributed by atoms with Crippen molar-refractivity contribution >= 4 is 50.2 Å². The van der Waals surface area contributed by atoms with Crippen molar-refractivity contribution in [2.45, 2.75) is 5.88 Å². The van der Waals surface area contributed by atoms with E-state index in [4.69, 9.17) is 23.2 Å². The molecular formula is C14H8BrCl2FN2. The SMILES string of the molecule is Fc1c(Cl)cccc1-n1c(CCl)nc2ccc(Br)cc21. The Morgan fingerprint density at radius 3 is 2.80 bits per heavy atom. The van der Waals surface area contributed by atoms with Gasteiger partial charge >= 0.3 is 0 Å². The molecule has 3 rings (SSSR count). The summed E-state index contributed by atoms with van der Waals surface area (Å²) in [6.45, 7) is 0. The van der Waals surface area contributed by atoms with Crippen LogP contribution < -0.4 is 0 Å². The Hall–Kier alpha value is -1.10. The van der Waals surface area contributed by atoms with Crippen LogP contribution in [0.3, 0.4) is 0 Å². The van der Waals surface area contributed by atoms with Crippen LogP contribution in [0.4, 0.5) is 4.39 Å². The second-order valence-electron chi connectivity index (χ2n) is 4.20. The van der Waals surface area contributed by atoms with Crippen LogP contribution in [0.25, 0.3) is 16.7 Å². The first-order valence-corrected chi connectivity index (χ1v) is 7.49. The molecular weight excluding hydrogens is 366 g/mol. The first-order valence-electron chi connectivity index (χ1n) is 5.79. The van der Waals surface area contributed by atoms with Gasteiger partial charge in [-0.05, 0) is 30.3 Å². The third kappa shape index (κ3) is 2.22. The molecule has 0 atom stereocenters. The number of nitrogens with zero attached hydrogens (tertiary/aromatic N) is 2. The van der Waals surface area contributed by atoms with E-state index in [1.165, 1.54) is 6.07 Å². The summed E-state index contributed by atoms with van der Waals surface area (Å²) in [5, 5.41) is 0.0693. The largest absolute Gasteiger partial charge is 0.292 e. The first kappa shape index (κ1) is 13.9. The lowest BCUT2D eigenvalue weighted by molar-refractivity contribution is 0.618. The monoisotopic (exact) mass is 372 g/mol. The molecule has 0 saturated heterocycles. The summed E-state index contributed by atoms with van der Waals surface area (Å²) in [4.78, 5) is 4.42. The molecule has 0 amide bonds. The van der Waals surface area contributed by atoms with Gasteiger partial charge in [0.1, 0.15) is 5.82 Å². The minimum Gasteiger partial charge on any atom is -0.292 e. The van der Waals surface area contributed by atoms with Gasteiger partial charge in [0.25, 0.3) is 0 Å². The van der Waals surface area contributed by atoms with Gasteiger partial charge in [0, 0.05) is 4.47 Å². The molecule has 0 fully saturated rings. The van der Waals surface area contributed by atoms with Crippen LogP contribution in [0.15, 0.2) is 40.9 Å². The van der Waals surface area contributed by atoms with Crippen LogP contribution in [0.2, 0.25) is 5.02 Å². The predicted octanol–water partition coefficient (Wildman–Crippen LogP) is 5.32. The summed E-state index contributed by atoms with van der Waals surface area (Å²) in [5.74, 6) is 0.263. The van der Waals surface area contributed by atoms with Gasteiger partial charge in [-0.15, -0.1) is 11.6 Å². The van der Waals surface area contributed by atoms with Crippen molar-refractivity contribution in [2.75, 3.05) is 0 Å². The summed E-state index contributed by atoms with van der Waals surface area (Å²) in [7, 11) is 0. The topological polar surface area (TPSA) is 17.8 Å². The van der Waals surface area contributed by atoms with Crippen molar-refractivity contribution in [1.82, 2.24) is 9.55 Å². The molecule has 20 heavy (non-hydrogen) atoms. The van der Waals surface area contributed by atoms with Gasteiger partial charge in [-0.25, -0.2) is 9.37 Å². The van der Waals surface area contributed by atoms with Crippen molar-refractivity contribution < 1.29 is 4.39 Å². The zero-order valence-electron chi connectivity index (χ0n) is 10.1. The molecule has 2 nitrogen and oxygen atoms in total. The van der Waals surface area contributed by atoms with E-state index in [-0.39, 0.29) is 10.9 Å². The molecule has 2 aromatic carbocycles. The summed E-state index contributed by atoms with van der Waals surface area (Å²) in [6, 6.07) is 10.5. The van der Waals surface area contributed by atoms with Crippen molar-refractivity contribution in [3.8, 4) is 5.69 Å². The molecule has 0 unspecified atom stereocenters. The molecule has 0 aliphatic rings. The van der Waals surface area contributed by atoms with E-state index in [0.29, 0.717) is 11.5 Å². The van der Waals surface area contributed by atoms with Gasteiger partial charge in [0.05, 0.1) is 27.6 Å². The third-order valence-electron chi connectivity index (χ3n) is 2.98. The van der Waals surface area contributed by atoms with Crippen molar-refractivity contribution in [3.63, 3.8) is 0 Å². The van der Waals surface area contributed by atoms with E-state index in [2.05, 4.69) is 20.9 Å². The molecule has 0 bridgehead atoms. The van der Waals surface area contributed by atoms with Gasteiger partial charge in [0.2, 0.25) is 0 Å². The lowest BCUT2D eigenvalue weighted by Gasteiger charge is -2.10. The second-order valence-corrected chi connectivity index (χ2v) is 5.79. The van der Waals surface area contributed by atoms with Crippen LogP contribution in [0, 0.1) is 5.82 Å². The Balaban J connectivity index is 2.39. The Bertz CT molecular complexity index is 801. The molecule has 1 aromatic heterocycles. The third-order valence-corrected chi connectivity index (χ3v) is 4.00. The number of hydrogen-bond donors (Lipinski definition) is 0. The van der Waals surface area contributed by atoms with E-state index >= 15 is 0 Å². The minimum atomic E-state index is -0.486. The molecule has 0 saturated carbocycles. The predicted molar refractivity (Wildman–Crippen MR) is 83.3 cm³/mol. The maximum absolute atomic E-state index is 14.3. The maximum atomic E-state index is 14.3. The van der Waals surface area contributed by atoms with Crippen molar-refractivity contribution in [3.05, 3.63) is 57.5 Å². The lowest BCUT2D eigenvalue weighted by Crippen LogP contribution is -2.02. The van der Waals surface area contributed by atoms with Crippen molar-refractivity contribution in [2.24, 2.45) is 0 Å². The quantitative estimate of drug-likeness (QED) is 0.556. The standard InChI is InChI=1S/C14H8BrCl2FN2/c15-8-4-5-10-12(6-8)20(13(7-16)19-10)11-3-1-2-9(17)14(11)18/h1-6H,7H2. The zero-order valence-corrected chi connectivity index (χ0v) is 13.2. The zero-order chi connectivity index (χ0) is 14.3. The fourth-order valence-electron chi connectivity index (χ4n) is 2.12. The van der Waals surface area contributed by atoms with E-state index < -0.39 is 5.82 Å². The summed E-state index contributed by atoms with van der Waals surface area (Å²) < 4.78 is 16.8. The number of hydrogen-bond acceptors (Lipinski definition) is 1. The Morgan fingerprint density at radius 1 is 1.25 bits per heavy atom. The summed E-state index contributed by atoms with van der Waals surface area (Å²) >= 11 is 15.2. The normalized spacial score (nSPS) is 11.2. The molecule has 0 spiro atoms. The van der Waals surface area contributed by atoms with Gasteiger partial charge in [-0.3, -0.25) is 4.57 Å². The average molecular weight is 374 g/mol. The molecule has 1 heterocycles. The fraction of sp³-hybridized carbons (Fsp3) is 0.0714. The van der Waals surface area contributed by atoms with Gasteiger partial charge in [0.15, 0.2) is 5.82 Å². The summed E-state index contributed by atoms with van der Waals surface area (Å²) in [5.41, 5.74) is 1.87. The molecule has 0 radical (unpaired) electrons. The van der Waals surface area contributed by atoms with Crippen LogP contribution in [-0.4, -0.2) is 9.55 Å². The van der Waals surface area contributed by atoms with Crippen LogP contribution >= 0.6 is 39.1 Å². The second kappa shape index (κ2) is 5.35. The number of imidazole rings is 1. The number of rotatable bonds is 2. The number of halogens is 4. The van der Waals surface area contributed by atoms with Gasteiger partial charge in [-0.1, -0.05) is 33.6 Å². The highest BCUT2D eigenvalue weighted by molar-refractivity contribution is 9.10. The highest BCUT2D eigenvalue weighted by Gasteiger charge is 2.16. The smallest absolute Gasteiger partial charge is 0.165 e. The van der Waals surface area contributed by atoms with Gasteiger partial charge < -0.3 is 0 Å². The van der Waals surface area contributed by atoms with E-state index in [1.54, 1.807) is 16.7 Å². The van der Waals surface area contributed by atoms with E-state index in [9.17, 15) is 4.39 Å². The first-order chi connectivity index (χ1) is 9.61.